The van der Waals surface area contributed by atoms with E-state index in [4.69, 9.17) is 0 Å². The molecule has 0 aromatic carbocycles. The van der Waals surface area contributed by atoms with Crippen LogP contribution in [0.2, 0.25) is 0 Å². The maximum atomic E-state index is 12.9. The monoisotopic (exact) mass is 353 g/mol. The lowest BCUT2D eigenvalue weighted by atomic mass is 10.2. The van der Waals surface area contributed by atoms with E-state index in [0.717, 1.165) is 18.4 Å². The maximum absolute atomic E-state index is 12.9. The summed E-state index contributed by atoms with van der Waals surface area (Å²) in [4.78, 5) is 34.2. The second kappa shape index (κ2) is 7.51. The van der Waals surface area contributed by atoms with Crippen molar-refractivity contribution in [3.05, 3.63) is 56.8 Å². The summed E-state index contributed by atoms with van der Waals surface area (Å²) in [5.41, 5.74) is 1.27. The van der Waals surface area contributed by atoms with Crippen molar-refractivity contribution < 1.29 is 0 Å². The molecule has 3 rings (SSSR count). The number of hydrogen-bond donors (Lipinski definition) is 0. The van der Waals surface area contributed by atoms with Gasteiger partial charge in [-0.05, 0) is 36.6 Å². The fraction of sp³-hybridized carbons (Fsp3) is 0.368. The smallest absolute Gasteiger partial charge is 0.322 e. The minimum Gasteiger partial charge on any atom is -0.322 e. The molecule has 0 spiro atoms. The van der Waals surface area contributed by atoms with Crippen LogP contribution in [0.1, 0.15) is 38.1 Å². The van der Waals surface area contributed by atoms with E-state index in [1.165, 1.54) is 4.57 Å². The number of aromatic nitrogens is 5. The Balaban J connectivity index is 2.22. The molecule has 0 aliphatic heterocycles. The van der Waals surface area contributed by atoms with Gasteiger partial charge in [-0.25, -0.2) is 9.78 Å². The minimum absolute atomic E-state index is 0.282. The van der Waals surface area contributed by atoms with Gasteiger partial charge in [0.1, 0.15) is 5.82 Å². The number of rotatable bonds is 6. The van der Waals surface area contributed by atoms with E-state index in [2.05, 4.69) is 9.97 Å². The molecular formula is C19H23N5O2. The molecule has 3 aromatic heterocycles. The summed E-state index contributed by atoms with van der Waals surface area (Å²) in [6.45, 7) is 4.89. The SMILES string of the molecule is CCCn1c(=O)c2c(nc(/C=C/c3cccnc3)n2C)n(CCC)c1=O. The first-order valence-corrected chi connectivity index (χ1v) is 8.86. The standard InChI is InChI=1S/C19H23N5O2/c1-4-11-23-17-16(18(25)24(12-5-2)19(23)26)22(3)15(21-17)9-8-14-7-6-10-20-13-14/h6-10,13H,4-5,11-12H2,1-3H3/b9-8+. The van der Waals surface area contributed by atoms with Gasteiger partial charge in [0.2, 0.25) is 0 Å². The Labute approximate surface area is 151 Å². The second-order valence-electron chi connectivity index (χ2n) is 6.21. The highest BCUT2D eigenvalue weighted by Gasteiger charge is 2.18. The number of pyridine rings is 1. The van der Waals surface area contributed by atoms with Gasteiger partial charge in [-0.1, -0.05) is 19.9 Å². The van der Waals surface area contributed by atoms with Gasteiger partial charge in [-0.2, -0.15) is 0 Å². The van der Waals surface area contributed by atoms with Gasteiger partial charge >= 0.3 is 5.69 Å². The zero-order chi connectivity index (χ0) is 18.7. The molecule has 0 saturated heterocycles. The van der Waals surface area contributed by atoms with Crippen molar-refractivity contribution in [2.45, 2.75) is 39.8 Å². The van der Waals surface area contributed by atoms with Gasteiger partial charge in [0.25, 0.3) is 5.56 Å². The highest BCUT2D eigenvalue weighted by molar-refractivity contribution is 5.76. The molecule has 3 aromatic rings. The largest absolute Gasteiger partial charge is 0.332 e. The van der Waals surface area contributed by atoms with E-state index in [1.54, 1.807) is 28.6 Å². The summed E-state index contributed by atoms with van der Waals surface area (Å²) < 4.78 is 4.67. The first-order chi connectivity index (χ1) is 12.6. The fourth-order valence-corrected chi connectivity index (χ4v) is 3.02. The summed E-state index contributed by atoms with van der Waals surface area (Å²) in [5, 5.41) is 0. The third kappa shape index (κ3) is 3.12. The van der Waals surface area contributed by atoms with Gasteiger partial charge in [0.15, 0.2) is 11.2 Å². The van der Waals surface area contributed by atoms with Gasteiger partial charge in [-0.15, -0.1) is 0 Å². The van der Waals surface area contributed by atoms with Crippen molar-refractivity contribution in [3.63, 3.8) is 0 Å². The third-order valence-electron chi connectivity index (χ3n) is 4.28. The molecule has 0 amide bonds. The molecule has 7 nitrogen and oxygen atoms in total. The summed E-state index contributed by atoms with van der Waals surface area (Å²) in [7, 11) is 1.80. The highest BCUT2D eigenvalue weighted by Crippen LogP contribution is 2.13. The van der Waals surface area contributed by atoms with Crippen LogP contribution in [0, 0.1) is 0 Å². The van der Waals surface area contributed by atoms with Crippen LogP contribution in [0.5, 0.6) is 0 Å². The van der Waals surface area contributed by atoms with Crippen LogP contribution in [-0.2, 0) is 20.1 Å². The van der Waals surface area contributed by atoms with Gasteiger partial charge in [0.05, 0.1) is 0 Å². The van der Waals surface area contributed by atoms with Crippen molar-refractivity contribution in [2.75, 3.05) is 0 Å². The quantitative estimate of drug-likeness (QED) is 0.681. The zero-order valence-corrected chi connectivity index (χ0v) is 15.3. The molecule has 0 atom stereocenters. The molecule has 136 valence electrons. The molecule has 0 saturated carbocycles. The normalized spacial score (nSPS) is 11.7. The maximum Gasteiger partial charge on any atom is 0.332 e. The number of hydrogen-bond acceptors (Lipinski definition) is 4. The van der Waals surface area contributed by atoms with Crippen LogP contribution < -0.4 is 11.2 Å². The van der Waals surface area contributed by atoms with E-state index in [1.807, 2.05) is 38.1 Å². The van der Waals surface area contributed by atoms with E-state index in [-0.39, 0.29) is 11.2 Å². The first kappa shape index (κ1) is 17.8. The molecule has 0 bridgehead atoms. The van der Waals surface area contributed by atoms with Crippen LogP contribution in [-0.4, -0.2) is 23.7 Å². The van der Waals surface area contributed by atoms with Crippen LogP contribution in [0.3, 0.4) is 0 Å². The summed E-state index contributed by atoms with van der Waals surface area (Å²) in [5.74, 6) is 0.624. The van der Waals surface area contributed by atoms with Crippen LogP contribution in [0.4, 0.5) is 0 Å². The predicted octanol–water partition coefficient (Wildman–Crippen LogP) is 2.28. The van der Waals surface area contributed by atoms with Gasteiger partial charge in [0, 0.05) is 32.5 Å². The summed E-state index contributed by atoms with van der Waals surface area (Å²) in [6, 6.07) is 3.80. The molecule has 3 heterocycles. The fourth-order valence-electron chi connectivity index (χ4n) is 3.02. The Bertz CT molecular complexity index is 1060. The minimum atomic E-state index is -0.285. The van der Waals surface area contributed by atoms with Gasteiger partial charge < -0.3 is 4.57 Å². The Morgan fingerprint density at radius 2 is 1.81 bits per heavy atom. The second-order valence-corrected chi connectivity index (χ2v) is 6.21. The number of nitrogens with zero attached hydrogens (tertiary/aromatic N) is 5. The molecule has 0 radical (unpaired) electrons. The van der Waals surface area contributed by atoms with Gasteiger partial charge in [-0.3, -0.25) is 18.9 Å². The van der Waals surface area contributed by atoms with Crippen molar-refractivity contribution in [1.82, 2.24) is 23.7 Å². The molecule has 0 N–H and O–H groups in total. The molecule has 26 heavy (non-hydrogen) atoms. The molecule has 0 unspecified atom stereocenters. The van der Waals surface area contributed by atoms with E-state index in [9.17, 15) is 9.59 Å². The summed E-state index contributed by atoms with van der Waals surface area (Å²) >= 11 is 0. The lowest BCUT2D eigenvalue weighted by Gasteiger charge is -2.10. The average Bonchev–Trinajstić information content (AvgIpc) is 2.98. The van der Waals surface area contributed by atoms with Crippen LogP contribution >= 0.6 is 0 Å². The Morgan fingerprint density at radius 3 is 2.46 bits per heavy atom. The molecule has 0 aliphatic rings. The molecular weight excluding hydrogens is 330 g/mol. The van der Waals surface area contributed by atoms with Crippen molar-refractivity contribution in [1.29, 1.82) is 0 Å². The third-order valence-corrected chi connectivity index (χ3v) is 4.28. The van der Waals surface area contributed by atoms with Crippen molar-refractivity contribution in [3.8, 4) is 0 Å². The van der Waals surface area contributed by atoms with E-state index >= 15 is 0 Å². The Hall–Kier alpha value is -2.96. The van der Waals surface area contributed by atoms with Crippen molar-refractivity contribution in [2.24, 2.45) is 7.05 Å². The highest BCUT2D eigenvalue weighted by atomic mass is 16.2. The molecule has 0 fully saturated rings. The first-order valence-electron chi connectivity index (χ1n) is 8.86. The van der Waals surface area contributed by atoms with Crippen LogP contribution in [0.15, 0.2) is 34.1 Å². The average molecular weight is 353 g/mol. The van der Waals surface area contributed by atoms with Crippen LogP contribution in [0.25, 0.3) is 23.3 Å². The Morgan fingerprint density at radius 1 is 1.08 bits per heavy atom. The summed E-state index contributed by atoms with van der Waals surface area (Å²) in [6.07, 6.45) is 8.70. The number of aryl methyl sites for hydroxylation is 2. The number of fused-ring (bicyclic) bond motifs is 1. The van der Waals surface area contributed by atoms with Crippen molar-refractivity contribution >= 4 is 23.3 Å². The molecule has 0 aliphatic carbocycles. The lowest BCUT2D eigenvalue weighted by molar-refractivity contribution is 0.554. The zero-order valence-electron chi connectivity index (χ0n) is 15.3. The van der Waals surface area contributed by atoms with E-state index < -0.39 is 0 Å². The topological polar surface area (TPSA) is 74.7 Å². The lowest BCUT2D eigenvalue weighted by Crippen LogP contribution is -2.40. The predicted molar refractivity (Wildman–Crippen MR) is 103 cm³/mol. The number of imidazole rings is 1. The van der Waals surface area contributed by atoms with E-state index in [0.29, 0.717) is 30.1 Å². The molecule has 7 heteroatoms. The Kier molecular flexibility index (Phi) is 5.16.